The van der Waals surface area contributed by atoms with Crippen molar-refractivity contribution >= 4 is 27.5 Å². The Balaban J connectivity index is 1.25. The van der Waals surface area contributed by atoms with Crippen LogP contribution in [-0.2, 0) is 17.8 Å². The summed E-state index contributed by atoms with van der Waals surface area (Å²) in [7, 11) is 1.68. The first-order valence-electron chi connectivity index (χ1n) is 11.1. The van der Waals surface area contributed by atoms with E-state index in [-0.39, 0.29) is 17.5 Å². The third-order valence-electron chi connectivity index (χ3n) is 6.17. The zero-order valence-corrected chi connectivity index (χ0v) is 19.7. The molecule has 3 aromatic rings. The Morgan fingerprint density at radius 1 is 1.31 bits per heavy atom. The third kappa shape index (κ3) is 5.19. The van der Waals surface area contributed by atoms with Crippen LogP contribution in [0.1, 0.15) is 41.1 Å². The molecule has 0 atom stereocenters. The molecule has 1 aliphatic rings. The predicted molar refractivity (Wildman–Crippen MR) is 127 cm³/mol. The summed E-state index contributed by atoms with van der Waals surface area (Å²) in [4.78, 5) is 36.5. The largest absolute Gasteiger partial charge is 0.497 e. The van der Waals surface area contributed by atoms with Crippen molar-refractivity contribution in [2.45, 2.75) is 52.1 Å². The van der Waals surface area contributed by atoms with Crippen LogP contribution >= 0.6 is 11.3 Å². The van der Waals surface area contributed by atoms with Crippen molar-refractivity contribution in [3.63, 3.8) is 0 Å². The van der Waals surface area contributed by atoms with Crippen LogP contribution in [0.15, 0.2) is 29.1 Å². The molecule has 0 saturated carbocycles. The fraction of sp³-hybridized carbons (Fsp3) is 0.458. The molecule has 1 saturated heterocycles. The van der Waals surface area contributed by atoms with E-state index in [0.29, 0.717) is 24.1 Å². The maximum atomic E-state index is 12.5. The fourth-order valence-corrected chi connectivity index (χ4v) is 5.26. The Morgan fingerprint density at radius 3 is 2.84 bits per heavy atom. The van der Waals surface area contributed by atoms with E-state index >= 15 is 0 Å². The van der Waals surface area contributed by atoms with E-state index in [9.17, 15) is 9.59 Å². The zero-order valence-electron chi connectivity index (χ0n) is 18.9. The van der Waals surface area contributed by atoms with Crippen molar-refractivity contribution in [1.82, 2.24) is 20.2 Å². The lowest BCUT2D eigenvalue weighted by Gasteiger charge is -2.32. The molecule has 1 aromatic carbocycles. The topological polar surface area (TPSA) is 87.3 Å². The minimum absolute atomic E-state index is 0.0116. The van der Waals surface area contributed by atoms with E-state index in [4.69, 9.17) is 4.74 Å². The molecule has 8 heteroatoms. The van der Waals surface area contributed by atoms with Crippen molar-refractivity contribution in [3.05, 3.63) is 56.4 Å². The van der Waals surface area contributed by atoms with Gasteiger partial charge in [0.1, 0.15) is 16.4 Å². The number of nitrogens with one attached hydrogen (secondary N) is 2. The molecule has 0 bridgehead atoms. The van der Waals surface area contributed by atoms with Gasteiger partial charge in [0.15, 0.2) is 0 Å². The number of ether oxygens (including phenoxy) is 1. The summed E-state index contributed by atoms with van der Waals surface area (Å²) in [6.45, 7) is 6.73. The number of methoxy groups -OCH3 is 1. The van der Waals surface area contributed by atoms with Crippen LogP contribution in [0.5, 0.6) is 5.75 Å². The number of H-pyrrole nitrogens is 1. The maximum Gasteiger partial charge on any atom is 0.259 e. The highest BCUT2D eigenvalue weighted by molar-refractivity contribution is 7.18. The average molecular weight is 455 g/mol. The number of nitrogens with zero attached hydrogens (tertiary/aromatic N) is 2. The molecule has 0 aliphatic carbocycles. The zero-order chi connectivity index (χ0) is 22.7. The molecule has 4 rings (SSSR count). The smallest absolute Gasteiger partial charge is 0.259 e. The molecule has 170 valence electrons. The number of carbonyl (C=O) groups is 1. The van der Waals surface area contributed by atoms with Crippen molar-refractivity contribution in [1.29, 1.82) is 0 Å². The molecule has 7 nitrogen and oxygen atoms in total. The van der Waals surface area contributed by atoms with E-state index in [2.05, 4.69) is 32.3 Å². The Bertz CT molecular complexity index is 1160. The average Bonchev–Trinajstić information content (AvgIpc) is 3.07. The second kappa shape index (κ2) is 9.83. The van der Waals surface area contributed by atoms with E-state index in [1.165, 1.54) is 16.9 Å². The summed E-state index contributed by atoms with van der Waals surface area (Å²) in [6, 6.07) is 8.35. The molecule has 0 radical (unpaired) electrons. The summed E-state index contributed by atoms with van der Waals surface area (Å²) < 4.78 is 5.30. The molecular weight excluding hydrogens is 424 g/mol. The quantitative estimate of drug-likeness (QED) is 0.572. The number of benzene rings is 1. The lowest BCUT2D eigenvalue weighted by Crippen LogP contribution is -2.44. The van der Waals surface area contributed by atoms with E-state index in [1.807, 2.05) is 26.0 Å². The van der Waals surface area contributed by atoms with Gasteiger partial charge in [-0.05, 0) is 49.9 Å². The molecule has 3 heterocycles. The van der Waals surface area contributed by atoms with Crippen LogP contribution in [0.25, 0.3) is 10.2 Å². The normalized spacial score (nSPS) is 15.2. The van der Waals surface area contributed by atoms with Crippen LogP contribution in [0.4, 0.5) is 0 Å². The third-order valence-corrected chi connectivity index (χ3v) is 7.27. The Kier molecular flexibility index (Phi) is 6.91. The fourth-order valence-electron chi connectivity index (χ4n) is 4.21. The van der Waals surface area contributed by atoms with Crippen molar-refractivity contribution in [3.8, 4) is 5.75 Å². The van der Waals surface area contributed by atoms with Crippen LogP contribution in [0.3, 0.4) is 0 Å². The van der Waals surface area contributed by atoms with Crippen LogP contribution in [0.2, 0.25) is 0 Å². The van der Waals surface area contributed by atoms with Crippen molar-refractivity contribution < 1.29 is 9.53 Å². The minimum Gasteiger partial charge on any atom is -0.497 e. The lowest BCUT2D eigenvalue weighted by molar-refractivity contribution is -0.122. The van der Waals surface area contributed by atoms with Gasteiger partial charge in [0.05, 0.1) is 12.5 Å². The maximum absolute atomic E-state index is 12.5. The Hall–Kier alpha value is -2.71. The van der Waals surface area contributed by atoms with Gasteiger partial charge in [0.2, 0.25) is 5.91 Å². The van der Waals surface area contributed by atoms with Gasteiger partial charge in [-0.15, -0.1) is 11.3 Å². The lowest BCUT2D eigenvalue weighted by atomic mass is 10.0. The number of hydrogen-bond acceptors (Lipinski definition) is 6. The highest BCUT2D eigenvalue weighted by Crippen LogP contribution is 2.25. The molecule has 2 N–H and O–H groups in total. The number of likely N-dealkylation sites (tertiary alicyclic amines) is 1. The molecule has 0 spiro atoms. The molecule has 32 heavy (non-hydrogen) atoms. The van der Waals surface area contributed by atoms with Gasteiger partial charge in [-0.3, -0.25) is 14.5 Å². The molecule has 1 amide bonds. The molecule has 0 unspecified atom stereocenters. The van der Waals surface area contributed by atoms with Gasteiger partial charge in [0.25, 0.3) is 5.56 Å². The summed E-state index contributed by atoms with van der Waals surface area (Å²) >= 11 is 1.53. The summed E-state index contributed by atoms with van der Waals surface area (Å²) in [5.74, 6) is 1.47. The van der Waals surface area contributed by atoms with E-state index in [0.717, 1.165) is 53.5 Å². The number of rotatable bonds is 7. The Morgan fingerprint density at radius 2 is 2.09 bits per heavy atom. The highest BCUT2D eigenvalue weighted by atomic mass is 32.1. The highest BCUT2D eigenvalue weighted by Gasteiger charge is 2.21. The van der Waals surface area contributed by atoms with Crippen molar-refractivity contribution in [2.75, 3.05) is 20.2 Å². The van der Waals surface area contributed by atoms with Gasteiger partial charge in [-0.2, -0.15) is 0 Å². The first-order valence-corrected chi connectivity index (χ1v) is 11.9. The number of piperidine rings is 1. The van der Waals surface area contributed by atoms with Crippen LogP contribution in [0, 0.1) is 13.8 Å². The van der Waals surface area contributed by atoms with Gasteiger partial charge in [-0.25, -0.2) is 4.98 Å². The first kappa shape index (κ1) is 22.5. The number of aryl methyl sites for hydroxylation is 3. The molecule has 1 aliphatic heterocycles. The number of carbonyl (C=O) groups excluding carboxylic acids is 1. The van der Waals surface area contributed by atoms with E-state index in [1.54, 1.807) is 7.11 Å². The van der Waals surface area contributed by atoms with Crippen molar-refractivity contribution in [2.24, 2.45) is 0 Å². The first-order chi connectivity index (χ1) is 15.4. The monoisotopic (exact) mass is 454 g/mol. The standard InChI is InChI=1S/C24H30N4O3S/c1-15-16(2)32-24-22(15)23(30)26-20(27-24)7-8-21(29)25-18-9-11-28(12-10-18)14-17-5-4-6-19(13-17)31-3/h4-6,13,18H,7-12,14H2,1-3H3,(H,25,29)(H,26,27,30). The van der Waals surface area contributed by atoms with Gasteiger partial charge >= 0.3 is 0 Å². The number of aromatic amines is 1. The number of hydrogen-bond donors (Lipinski definition) is 2. The van der Waals surface area contributed by atoms with Gasteiger partial charge in [-0.1, -0.05) is 12.1 Å². The van der Waals surface area contributed by atoms with Crippen LogP contribution in [-0.4, -0.2) is 47.0 Å². The molecule has 2 aromatic heterocycles. The number of aromatic nitrogens is 2. The van der Waals surface area contributed by atoms with E-state index < -0.39 is 0 Å². The Labute approximate surface area is 191 Å². The SMILES string of the molecule is COc1cccc(CN2CCC(NC(=O)CCc3nc4sc(C)c(C)c4c(=O)[nH]3)CC2)c1. The molecular formula is C24H30N4O3S. The predicted octanol–water partition coefficient (Wildman–Crippen LogP) is 3.32. The summed E-state index contributed by atoms with van der Waals surface area (Å²) in [5, 5.41) is 3.82. The van der Waals surface area contributed by atoms with Crippen LogP contribution < -0.4 is 15.6 Å². The van der Waals surface area contributed by atoms with Gasteiger partial charge in [0, 0.05) is 43.4 Å². The second-order valence-corrected chi connectivity index (χ2v) is 9.65. The number of thiophene rings is 1. The minimum atomic E-state index is -0.115. The molecule has 1 fully saturated rings. The van der Waals surface area contributed by atoms with Gasteiger partial charge < -0.3 is 15.0 Å². The summed E-state index contributed by atoms with van der Waals surface area (Å²) in [6.07, 6.45) is 2.62. The summed E-state index contributed by atoms with van der Waals surface area (Å²) in [5.41, 5.74) is 2.11. The number of fused-ring (bicyclic) bond motifs is 1. The second-order valence-electron chi connectivity index (χ2n) is 8.45. The number of amides is 1.